The molecule has 1 saturated heterocycles. The number of furan rings is 1. The lowest BCUT2D eigenvalue weighted by Crippen LogP contribution is -2.59. The Kier molecular flexibility index (Phi) is 4.13. The van der Waals surface area contributed by atoms with Gasteiger partial charge < -0.3 is 19.4 Å². The molecule has 0 radical (unpaired) electrons. The van der Waals surface area contributed by atoms with E-state index in [9.17, 15) is 9.59 Å². The van der Waals surface area contributed by atoms with Gasteiger partial charge in [0.2, 0.25) is 5.91 Å². The topological polar surface area (TPSA) is 71.8 Å². The number of carbonyl (C=O) groups excluding carboxylic acids is 2. The Hall–Kier alpha value is -1.82. The van der Waals surface area contributed by atoms with Crippen LogP contribution in [0.5, 0.6) is 0 Å². The third-order valence-corrected chi connectivity index (χ3v) is 3.41. The number of ether oxygens (including phenoxy) is 1. The zero-order valence-corrected chi connectivity index (χ0v) is 12.0. The maximum Gasteiger partial charge on any atom is 0.255 e. The van der Waals surface area contributed by atoms with E-state index in [1.807, 2.05) is 13.8 Å². The Morgan fingerprint density at radius 2 is 2.20 bits per heavy atom. The average Bonchev–Trinajstić information content (AvgIpc) is 2.91. The van der Waals surface area contributed by atoms with Gasteiger partial charge in [0.1, 0.15) is 12.3 Å². The van der Waals surface area contributed by atoms with Gasteiger partial charge in [0.25, 0.3) is 5.91 Å². The van der Waals surface area contributed by atoms with Gasteiger partial charge in [-0.3, -0.25) is 9.59 Å². The lowest BCUT2D eigenvalue weighted by atomic mass is 10.0. The Balaban J connectivity index is 1.99. The predicted octanol–water partition coefficient (Wildman–Crippen LogP) is 1.04. The second-order valence-electron chi connectivity index (χ2n) is 5.56. The highest BCUT2D eigenvalue weighted by molar-refractivity contribution is 5.97. The lowest BCUT2D eigenvalue weighted by Gasteiger charge is -2.43. The summed E-state index contributed by atoms with van der Waals surface area (Å²) in [6.45, 7) is 7.16. The summed E-state index contributed by atoms with van der Waals surface area (Å²) in [7, 11) is 0. The van der Waals surface area contributed by atoms with Crippen molar-refractivity contribution < 1.29 is 18.7 Å². The van der Waals surface area contributed by atoms with Crippen LogP contribution in [0.2, 0.25) is 0 Å². The summed E-state index contributed by atoms with van der Waals surface area (Å²) in [5, 5.41) is 2.69. The van der Waals surface area contributed by atoms with E-state index in [0.717, 1.165) is 0 Å². The molecule has 6 heteroatoms. The molecule has 1 aliphatic rings. The van der Waals surface area contributed by atoms with Gasteiger partial charge in [0.05, 0.1) is 30.6 Å². The van der Waals surface area contributed by atoms with Gasteiger partial charge >= 0.3 is 0 Å². The molecule has 2 amide bonds. The summed E-state index contributed by atoms with van der Waals surface area (Å²) in [4.78, 5) is 26.1. The van der Waals surface area contributed by atoms with Crippen LogP contribution in [-0.2, 0) is 9.53 Å². The smallest absolute Gasteiger partial charge is 0.255 e. The van der Waals surface area contributed by atoms with Crippen LogP contribution in [0.25, 0.3) is 0 Å². The highest BCUT2D eigenvalue weighted by Crippen LogP contribution is 2.20. The minimum absolute atomic E-state index is 0.102. The maximum atomic E-state index is 12.5. The molecule has 0 aromatic carbocycles. The Morgan fingerprint density at radius 3 is 2.80 bits per heavy atom. The summed E-state index contributed by atoms with van der Waals surface area (Å²) in [6.07, 6.45) is 2.78. The number of morpholine rings is 1. The minimum Gasteiger partial charge on any atom is -0.472 e. The van der Waals surface area contributed by atoms with Crippen LogP contribution in [-0.4, -0.2) is 48.1 Å². The Morgan fingerprint density at radius 1 is 1.45 bits per heavy atom. The molecule has 6 nitrogen and oxygen atoms in total. The van der Waals surface area contributed by atoms with Crippen molar-refractivity contribution in [3.8, 4) is 0 Å². The van der Waals surface area contributed by atoms with Crippen molar-refractivity contribution in [2.75, 3.05) is 19.8 Å². The van der Waals surface area contributed by atoms with Crippen molar-refractivity contribution in [2.45, 2.75) is 32.4 Å². The highest BCUT2D eigenvalue weighted by Gasteiger charge is 2.36. The van der Waals surface area contributed by atoms with E-state index in [1.54, 1.807) is 17.9 Å². The van der Waals surface area contributed by atoms with Crippen LogP contribution in [0.4, 0.5) is 0 Å². The van der Waals surface area contributed by atoms with E-state index in [0.29, 0.717) is 25.3 Å². The van der Waals surface area contributed by atoms with Crippen molar-refractivity contribution >= 4 is 11.8 Å². The summed E-state index contributed by atoms with van der Waals surface area (Å²) < 4.78 is 10.2. The molecule has 20 heavy (non-hydrogen) atoms. The number of nitrogens with zero attached hydrogens (tertiary/aromatic N) is 1. The quantitative estimate of drug-likeness (QED) is 0.898. The first-order chi connectivity index (χ1) is 9.42. The molecule has 1 unspecified atom stereocenters. The zero-order chi connectivity index (χ0) is 14.8. The fourth-order valence-corrected chi connectivity index (χ4v) is 2.24. The van der Waals surface area contributed by atoms with Crippen molar-refractivity contribution in [2.24, 2.45) is 0 Å². The first-order valence-corrected chi connectivity index (χ1v) is 6.64. The van der Waals surface area contributed by atoms with Gasteiger partial charge in [0, 0.05) is 6.54 Å². The largest absolute Gasteiger partial charge is 0.472 e. The molecule has 1 aromatic rings. The summed E-state index contributed by atoms with van der Waals surface area (Å²) in [5.74, 6) is -0.416. The van der Waals surface area contributed by atoms with Crippen molar-refractivity contribution in [3.05, 3.63) is 24.2 Å². The molecule has 2 rings (SSSR count). The fourth-order valence-electron chi connectivity index (χ4n) is 2.24. The number of carbonyl (C=O) groups is 2. The van der Waals surface area contributed by atoms with Crippen molar-refractivity contribution in [1.82, 2.24) is 10.2 Å². The van der Waals surface area contributed by atoms with Gasteiger partial charge in [-0.2, -0.15) is 0 Å². The van der Waals surface area contributed by atoms with Gasteiger partial charge in [-0.05, 0) is 26.8 Å². The second-order valence-corrected chi connectivity index (χ2v) is 5.56. The van der Waals surface area contributed by atoms with E-state index in [2.05, 4.69) is 5.32 Å². The van der Waals surface area contributed by atoms with Crippen LogP contribution in [0.3, 0.4) is 0 Å². The molecule has 0 spiro atoms. The highest BCUT2D eigenvalue weighted by atomic mass is 16.5. The summed E-state index contributed by atoms with van der Waals surface area (Å²) in [6, 6.07) is 0.973. The number of hydrogen-bond acceptors (Lipinski definition) is 4. The maximum absolute atomic E-state index is 12.5. The lowest BCUT2D eigenvalue weighted by molar-refractivity contribution is -0.147. The third-order valence-electron chi connectivity index (χ3n) is 3.41. The molecular formula is C14H20N2O4. The van der Waals surface area contributed by atoms with Crippen LogP contribution < -0.4 is 5.32 Å². The molecule has 1 atom stereocenters. The minimum atomic E-state index is -0.588. The van der Waals surface area contributed by atoms with E-state index in [-0.39, 0.29) is 17.4 Å². The first-order valence-electron chi connectivity index (χ1n) is 6.64. The molecule has 0 bridgehead atoms. The van der Waals surface area contributed by atoms with Gasteiger partial charge in [0.15, 0.2) is 0 Å². The van der Waals surface area contributed by atoms with Gasteiger partial charge in [-0.15, -0.1) is 0 Å². The van der Waals surface area contributed by atoms with Crippen LogP contribution in [0.1, 0.15) is 31.1 Å². The standard InChI is InChI=1S/C14H20N2O4/c1-10(15-12(17)11-4-6-19-8-11)13(18)16-5-7-20-9-14(16,2)3/h4,6,8,10H,5,7,9H2,1-3H3,(H,15,17). The molecule has 1 aliphatic heterocycles. The normalized spacial score (nSPS) is 19.4. The third kappa shape index (κ3) is 3.01. The van der Waals surface area contributed by atoms with Gasteiger partial charge in [-0.1, -0.05) is 0 Å². The second kappa shape index (κ2) is 5.66. The number of nitrogens with one attached hydrogen (secondary N) is 1. The molecular weight excluding hydrogens is 260 g/mol. The van der Waals surface area contributed by atoms with Gasteiger partial charge in [-0.25, -0.2) is 0 Å². The average molecular weight is 280 g/mol. The van der Waals surface area contributed by atoms with Crippen LogP contribution in [0, 0.1) is 0 Å². The molecule has 1 aromatic heterocycles. The summed E-state index contributed by atoms with van der Waals surface area (Å²) >= 11 is 0. The van der Waals surface area contributed by atoms with Crippen molar-refractivity contribution in [1.29, 1.82) is 0 Å². The molecule has 0 aliphatic carbocycles. The van der Waals surface area contributed by atoms with Crippen molar-refractivity contribution in [3.63, 3.8) is 0 Å². The number of rotatable bonds is 3. The molecule has 1 N–H and O–H groups in total. The van der Waals surface area contributed by atoms with Crippen LogP contribution >= 0.6 is 0 Å². The predicted molar refractivity (Wildman–Crippen MR) is 72.2 cm³/mol. The SMILES string of the molecule is CC(NC(=O)c1ccoc1)C(=O)N1CCOCC1(C)C. The number of amides is 2. The van der Waals surface area contributed by atoms with E-state index >= 15 is 0 Å². The van der Waals surface area contributed by atoms with Crippen LogP contribution in [0.15, 0.2) is 23.0 Å². The van der Waals surface area contributed by atoms with E-state index in [1.165, 1.54) is 12.5 Å². The first kappa shape index (κ1) is 14.6. The molecule has 1 fully saturated rings. The molecule has 2 heterocycles. The Labute approximate surface area is 118 Å². The molecule has 110 valence electrons. The monoisotopic (exact) mass is 280 g/mol. The molecule has 0 saturated carbocycles. The van der Waals surface area contributed by atoms with E-state index < -0.39 is 6.04 Å². The Bertz CT molecular complexity index is 481. The zero-order valence-electron chi connectivity index (χ0n) is 12.0. The number of hydrogen-bond donors (Lipinski definition) is 1. The summed E-state index contributed by atoms with van der Waals surface area (Å²) in [5.41, 5.74) is 0.0510. The fraction of sp³-hybridized carbons (Fsp3) is 0.571. The van der Waals surface area contributed by atoms with E-state index in [4.69, 9.17) is 9.15 Å².